The number of fused-ring (bicyclic) bond motifs is 1. The van der Waals surface area contributed by atoms with Crippen LogP contribution in [0.2, 0.25) is 0 Å². The Morgan fingerprint density at radius 2 is 1.72 bits per heavy atom. The first-order valence-electron chi connectivity index (χ1n) is 7.75. The summed E-state index contributed by atoms with van der Waals surface area (Å²) in [5.74, 6) is 5.84. The number of nitrogen functional groups attached to an aromatic ring is 1. The Labute approximate surface area is 144 Å². The van der Waals surface area contributed by atoms with E-state index in [2.05, 4.69) is 16.5 Å². The maximum atomic E-state index is 13.3. The lowest BCUT2D eigenvalue weighted by Gasteiger charge is -2.13. The van der Waals surface area contributed by atoms with Gasteiger partial charge in [-0.15, -0.1) is 0 Å². The number of nitrogens with zero attached hydrogens (tertiary/aromatic N) is 2. The molecule has 4 aromatic rings. The van der Waals surface area contributed by atoms with E-state index in [1.807, 2.05) is 36.4 Å². The van der Waals surface area contributed by atoms with Crippen molar-refractivity contribution in [1.29, 1.82) is 0 Å². The lowest BCUT2D eigenvalue weighted by molar-refractivity contribution is 0.628. The molecule has 0 aliphatic heterocycles. The smallest absolute Gasteiger partial charge is 0.149 e. The molecule has 0 bridgehead atoms. The molecule has 1 radical (unpaired) electrons. The lowest BCUT2D eigenvalue weighted by atomic mass is 9.97. The molecule has 0 saturated carbocycles. The van der Waals surface area contributed by atoms with Crippen LogP contribution in [0, 0.1) is 11.9 Å². The number of rotatable bonds is 3. The average molecular weight is 329 g/mol. The standard InChI is InChI=1S/C20H14FN4/c21-15-8-6-13(7-9-15)16-12-17-18(10-11-23-20(17)25-22)24-19(16)14-4-2-1-3-5-14/h2-12H,22H2,(H,23,25). The van der Waals surface area contributed by atoms with Gasteiger partial charge >= 0.3 is 0 Å². The molecule has 25 heavy (non-hydrogen) atoms. The molecule has 0 aliphatic rings. The van der Waals surface area contributed by atoms with Gasteiger partial charge in [-0.2, -0.15) is 0 Å². The van der Waals surface area contributed by atoms with Crippen molar-refractivity contribution in [2.75, 3.05) is 5.43 Å². The van der Waals surface area contributed by atoms with Gasteiger partial charge in [-0.1, -0.05) is 36.4 Å². The van der Waals surface area contributed by atoms with Gasteiger partial charge in [0.15, 0.2) is 0 Å². The van der Waals surface area contributed by atoms with Gasteiger partial charge < -0.3 is 5.43 Å². The van der Waals surface area contributed by atoms with Gasteiger partial charge in [-0.05, 0) is 35.9 Å². The highest BCUT2D eigenvalue weighted by Crippen LogP contribution is 2.34. The predicted molar refractivity (Wildman–Crippen MR) is 97.0 cm³/mol. The maximum absolute atomic E-state index is 13.3. The SMILES string of the molecule is NNc1nccc2nc(-c3cc[c]cc3)c(-c3ccc(F)cc3)cc12. The molecule has 0 spiro atoms. The normalized spacial score (nSPS) is 10.8. The van der Waals surface area contributed by atoms with Crippen LogP contribution >= 0.6 is 0 Å². The number of hydrazine groups is 1. The highest BCUT2D eigenvalue weighted by Gasteiger charge is 2.13. The quantitative estimate of drug-likeness (QED) is 0.437. The zero-order chi connectivity index (χ0) is 17.2. The molecular formula is C20H14FN4. The van der Waals surface area contributed by atoms with E-state index in [-0.39, 0.29) is 5.82 Å². The molecule has 0 atom stereocenters. The number of nitrogens with two attached hydrogens (primary N) is 1. The third kappa shape index (κ3) is 2.81. The molecule has 2 heterocycles. The maximum Gasteiger partial charge on any atom is 0.149 e. The number of benzene rings is 2. The van der Waals surface area contributed by atoms with Crippen molar-refractivity contribution in [1.82, 2.24) is 9.97 Å². The zero-order valence-corrected chi connectivity index (χ0v) is 13.2. The van der Waals surface area contributed by atoms with Crippen LogP contribution in [0.5, 0.6) is 0 Å². The van der Waals surface area contributed by atoms with Crippen LogP contribution in [0.1, 0.15) is 0 Å². The van der Waals surface area contributed by atoms with Crippen molar-refractivity contribution in [3.8, 4) is 22.4 Å². The Kier molecular flexibility index (Phi) is 3.84. The van der Waals surface area contributed by atoms with Crippen molar-refractivity contribution >= 4 is 16.7 Å². The minimum atomic E-state index is -0.278. The molecule has 4 rings (SSSR count). The van der Waals surface area contributed by atoms with Gasteiger partial charge in [0.05, 0.1) is 11.2 Å². The van der Waals surface area contributed by atoms with Crippen LogP contribution in [-0.4, -0.2) is 9.97 Å². The number of nitrogens with one attached hydrogen (secondary N) is 1. The van der Waals surface area contributed by atoms with Gasteiger partial charge in [0.1, 0.15) is 11.6 Å². The predicted octanol–water partition coefficient (Wildman–Crippen LogP) is 4.19. The second kappa shape index (κ2) is 6.30. The first kappa shape index (κ1) is 15.2. The van der Waals surface area contributed by atoms with Crippen LogP contribution in [0.15, 0.2) is 66.9 Å². The summed E-state index contributed by atoms with van der Waals surface area (Å²) in [6.45, 7) is 0. The van der Waals surface area contributed by atoms with Gasteiger partial charge in [-0.3, -0.25) is 0 Å². The summed E-state index contributed by atoms with van der Waals surface area (Å²) in [5, 5.41) is 0.801. The van der Waals surface area contributed by atoms with Crippen LogP contribution in [0.3, 0.4) is 0 Å². The van der Waals surface area contributed by atoms with E-state index in [0.29, 0.717) is 5.82 Å². The van der Waals surface area contributed by atoms with Gasteiger partial charge in [0.25, 0.3) is 0 Å². The summed E-state index contributed by atoms with van der Waals surface area (Å²) in [6, 6.07) is 20.8. The summed E-state index contributed by atoms with van der Waals surface area (Å²) in [6.07, 6.45) is 1.66. The Hall–Kier alpha value is -3.31. The first-order chi connectivity index (χ1) is 12.3. The third-order valence-corrected chi connectivity index (χ3v) is 4.03. The molecule has 0 saturated heterocycles. The van der Waals surface area contributed by atoms with Crippen LogP contribution < -0.4 is 11.3 Å². The molecule has 0 amide bonds. The number of anilines is 1. The minimum absolute atomic E-state index is 0.278. The second-order valence-electron chi connectivity index (χ2n) is 5.55. The first-order valence-corrected chi connectivity index (χ1v) is 7.75. The fourth-order valence-electron chi connectivity index (χ4n) is 2.83. The van der Waals surface area contributed by atoms with E-state index in [1.54, 1.807) is 18.3 Å². The summed E-state index contributed by atoms with van der Waals surface area (Å²) < 4.78 is 13.3. The van der Waals surface area contributed by atoms with Crippen molar-refractivity contribution < 1.29 is 4.39 Å². The third-order valence-electron chi connectivity index (χ3n) is 4.03. The van der Waals surface area contributed by atoms with Crippen molar-refractivity contribution in [3.63, 3.8) is 0 Å². The number of pyridine rings is 2. The molecule has 2 aromatic carbocycles. The molecule has 0 fully saturated rings. The summed E-state index contributed by atoms with van der Waals surface area (Å²) in [5.41, 5.74) is 6.88. The molecule has 2 aromatic heterocycles. The topological polar surface area (TPSA) is 63.8 Å². The largest absolute Gasteiger partial charge is 0.308 e. The van der Waals surface area contributed by atoms with Crippen LogP contribution in [-0.2, 0) is 0 Å². The Morgan fingerprint density at radius 1 is 0.960 bits per heavy atom. The van der Waals surface area contributed by atoms with Gasteiger partial charge in [0.2, 0.25) is 0 Å². The van der Waals surface area contributed by atoms with E-state index in [9.17, 15) is 4.39 Å². The average Bonchev–Trinajstić information content (AvgIpc) is 2.68. The molecule has 3 N–H and O–H groups in total. The van der Waals surface area contributed by atoms with E-state index in [4.69, 9.17) is 10.8 Å². The molecular weight excluding hydrogens is 315 g/mol. The minimum Gasteiger partial charge on any atom is -0.308 e. The number of halogens is 1. The van der Waals surface area contributed by atoms with E-state index in [0.717, 1.165) is 33.3 Å². The second-order valence-corrected chi connectivity index (χ2v) is 5.55. The lowest BCUT2D eigenvalue weighted by Crippen LogP contribution is -2.09. The molecule has 121 valence electrons. The highest BCUT2D eigenvalue weighted by atomic mass is 19.1. The van der Waals surface area contributed by atoms with Gasteiger partial charge in [0, 0.05) is 22.7 Å². The van der Waals surface area contributed by atoms with Crippen molar-refractivity contribution in [2.45, 2.75) is 0 Å². The van der Waals surface area contributed by atoms with E-state index < -0.39 is 0 Å². The molecule has 0 aliphatic carbocycles. The Morgan fingerprint density at radius 3 is 2.44 bits per heavy atom. The fraction of sp³-hybridized carbons (Fsp3) is 0. The van der Waals surface area contributed by atoms with Crippen molar-refractivity contribution in [2.24, 2.45) is 5.84 Å². The summed E-state index contributed by atoms with van der Waals surface area (Å²) in [7, 11) is 0. The Balaban J connectivity index is 2.04. The zero-order valence-electron chi connectivity index (χ0n) is 13.2. The number of aromatic nitrogens is 2. The molecule has 5 heteroatoms. The summed E-state index contributed by atoms with van der Waals surface area (Å²) >= 11 is 0. The van der Waals surface area contributed by atoms with Crippen LogP contribution in [0.4, 0.5) is 10.2 Å². The summed E-state index contributed by atoms with van der Waals surface area (Å²) in [4.78, 5) is 9.05. The monoisotopic (exact) mass is 329 g/mol. The highest BCUT2D eigenvalue weighted by molar-refractivity contribution is 5.96. The van der Waals surface area contributed by atoms with Gasteiger partial charge in [-0.25, -0.2) is 20.2 Å². The molecule has 0 unspecified atom stereocenters. The number of hydrogen-bond donors (Lipinski definition) is 2. The van der Waals surface area contributed by atoms with Crippen molar-refractivity contribution in [3.05, 3.63) is 78.7 Å². The van der Waals surface area contributed by atoms with Crippen LogP contribution in [0.25, 0.3) is 33.3 Å². The fourth-order valence-corrected chi connectivity index (χ4v) is 2.83. The van der Waals surface area contributed by atoms with E-state index >= 15 is 0 Å². The van der Waals surface area contributed by atoms with E-state index in [1.165, 1.54) is 12.1 Å². The Bertz CT molecular complexity index is 1030. The number of hydrogen-bond acceptors (Lipinski definition) is 4. The molecule has 4 nitrogen and oxygen atoms in total.